The largest absolute Gasteiger partial charge is 0.379 e. The van der Waals surface area contributed by atoms with Crippen LogP contribution in [-0.2, 0) is 14.8 Å². The van der Waals surface area contributed by atoms with Crippen molar-refractivity contribution >= 4 is 15.9 Å². The molecule has 0 unspecified atom stereocenters. The lowest BCUT2D eigenvalue weighted by Crippen LogP contribution is -2.43. The number of nitrogens with one attached hydrogen (secondary N) is 1. The average molecular weight is 340 g/mol. The first-order chi connectivity index (χ1) is 10.7. The van der Waals surface area contributed by atoms with Crippen LogP contribution in [0.3, 0.4) is 0 Å². The number of carbonyl (C=O) groups is 1. The van der Waals surface area contributed by atoms with Crippen LogP contribution >= 0.6 is 0 Å². The molecule has 7 heteroatoms. The van der Waals surface area contributed by atoms with Crippen LogP contribution in [0.25, 0.3) is 0 Å². The van der Waals surface area contributed by atoms with Crippen molar-refractivity contribution in [1.29, 1.82) is 0 Å². The second kappa shape index (κ2) is 6.98. The summed E-state index contributed by atoms with van der Waals surface area (Å²) in [6.07, 6.45) is 0. The summed E-state index contributed by atoms with van der Waals surface area (Å²) >= 11 is 0. The Balaban J connectivity index is 2.11. The highest BCUT2D eigenvalue weighted by Crippen LogP contribution is 2.19. The van der Waals surface area contributed by atoms with Gasteiger partial charge in [0.05, 0.1) is 25.0 Å². The van der Waals surface area contributed by atoms with Gasteiger partial charge in [0.2, 0.25) is 10.0 Å². The van der Waals surface area contributed by atoms with E-state index in [0.29, 0.717) is 18.8 Å². The summed E-state index contributed by atoms with van der Waals surface area (Å²) in [5.74, 6) is -0.448. The Morgan fingerprint density at radius 1 is 1.26 bits per heavy atom. The van der Waals surface area contributed by atoms with Gasteiger partial charge < -0.3 is 10.1 Å². The minimum Gasteiger partial charge on any atom is -0.379 e. The summed E-state index contributed by atoms with van der Waals surface area (Å²) in [5, 5.41) is 2.94. The number of amides is 1. The minimum absolute atomic E-state index is 0.0301. The molecule has 1 aliphatic rings. The Hall–Kier alpha value is -1.44. The normalized spacial score (nSPS) is 21.6. The van der Waals surface area contributed by atoms with E-state index in [4.69, 9.17) is 4.74 Å². The van der Waals surface area contributed by atoms with E-state index < -0.39 is 10.0 Å². The van der Waals surface area contributed by atoms with E-state index in [9.17, 15) is 13.2 Å². The fourth-order valence-electron chi connectivity index (χ4n) is 2.76. The third-order valence-electron chi connectivity index (χ3n) is 4.20. The van der Waals surface area contributed by atoms with Crippen LogP contribution in [0.5, 0.6) is 0 Å². The molecule has 0 spiro atoms. The lowest BCUT2D eigenvalue weighted by molar-refractivity contribution is 0.0924. The molecule has 128 valence electrons. The molecule has 2 rings (SSSR count). The van der Waals surface area contributed by atoms with Crippen LogP contribution < -0.4 is 5.32 Å². The summed E-state index contributed by atoms with van der Waals surface area (Å²) in [6.45, 7) is 4.46. The van der Waals surface area contributed by atoms with Gasteiger partial charge in [0, 0.05) is 25.6 Å². The maximum atomic E-state index is 12.6. The average Bonchev–Trinajstić information content (AvgIpc) is 2.84. The molecule has 1 N–H and O–H groups in total. The van der Waals surface area contributed by atoms with Crippen molar-refractivity contribution < 1.29 is 17.9 Å². The van der Waals surface area contributed by atoms with Crippen molar-refractivity contribution in [2.75, 3.05) is 33.1 Å². The third-order valence-corrected chi connectivity index (χ3v) is 6.17. The predicted octanol–water partition coefficient (Wildman–Crippen LogP) is 0.940. The molecule has 0 bridgehead atoms. The quantitative estimate of drug-likeness (QED) is 0.865. The number of hydrogen-bond donors (Lipinski definition) is 1. The van der Waals surface area contributed by atoms with Gasteiger partial charge in [-0.25, -0.2) is 12.7 Å². The second-order valence-corrected chi connectivity index (χ2v) is 8.43. The van der Waals surface area contributed by atoms with Crippen molar-refractivity contribution in [3.63, 3.8) is 0 Å². The van der Waals surface area contributed by atoms with Crippen LogP contribution in [0.1, 0.15) is 21.5 Å². The van der Waals surface area contributed by atoms with Crippen molar-refractivity contribution in [3.05, 3.63) is 34.9 Å². The summed E-state index contributed by atoms with van der Waals surface area (Å²) in [4.78, 5) is 12.6. The molecule has 0 radical (unpaired) electrons. The first-order valence-corrected chi connectivity index (χ1v) is 9.18. The molecule has 1 saturated heterocycles. The van der Waals surface area contributed by atoms with Crippen LogP contribution in [-0.4, -0.2) is 57.7 Å². The maximum Gasteiger partial charge on any atom is 0.252 e. The smallest absolute Gasteiger partial charge is 0.252 e. The molecule has 1 aromatic rings. The van der Waals surface area contributed by atoms with Crippen LogP contribution in [0.15, 0.2) is 18.2 Å². The molecule has 1 amide bonds. The zero-order valence-electron chi connectivity index (χ0n) is 14.0. The monoisotopic (exact) mass is 340 g/mol. The van der Waals surface area contributed by atoms with Gasteiger partial charge in [-0.1, -0.05) is 18.2 Å². The highest BCUT2D eigenvalue weighted by Gasteiger charge is 2.34. The number of sulfonamides is 1. The van der Waals surface area contributed by atoms with Crippen molar-refractivity contribution in [3.8, 4) is 0 Å². The number of ether oxygens (including phenoxy) is 1. The van der Waals surface area contributed by atoms with Gasteiger partial charge in [0.25, 0.3) is 5.91 Å². The Labute approximate surface area is 137 Å². The molecular formula is C16H24N2O4S. The van der Waals surface area contributed by atoms with Crippen molar-refractivity contribution in [1.82, 2.24) is 9.62 Å². The molecule has 1 aromatic carbocycles. The van der Waals surface area contributed by atoms with E-state index in [1.807, 2.05) is 32.0 Å². The van der Waals surface area contributed by atoms with Gasteiger partial charge in [-0.05, 0) is 25.0 Å². The molecule has 23 heavy (non-hydrogen) atoms. The molecule has 0 aromatic heterocycles. The SMILES string of the molecule is Cc1cccc(C)c1C(=O)N[C@@H]1COC[C@H]1CS(=O)(=O)N(C)C. The Bertz CT molecular complexity index is 665. The van der Waals surface area contributed by atoms with Crippen LogP contribution in [0, 0.1) is 19.8 Å². The Kier molecular flexibility index (Phi) is 5.44. The molecule has 0 saturated carbocycles. The molecular weight excluding hydrogens is 316 g/mol. The van der Waals surface area contributed by atoms with Crippen molar-refractivity contribution in [2.45, 2.75) is 19.9 Å². The van der Waals surface area contributed by atoms with Crippen molar-refractivity contribution in [2.24, 2.45) is 5.92 Å². The van der Waals surface area contributed by atoms with Gasteiger partial charge in [-0.15, -0.1) is 0 Å². The number of benzene rings is 1. The molecule has 1 heterocycles. The summed E-state index contributed by atoms with van der Waals surface area (Å²) in [6, 6.07) is 5.39. The standard InChI is InChI=1S/C16H24N2O4S/c1-11-6-5-7-12(2)15(11)16(19)17-14-9-22-8-13(14)10-23(20,21)18(3)4/h5-7,13-14H,8-10H2,1-4H3,(H,17,19)/t13-,14+/m0/s1. The van der Waals surface area contributed by atoms with Gasteiger partial charge in [0.15, 0.2) is 0 Å². The third kappa shape index (κ3) is 4.10. The van der Waals surface area contributed by atoms with E-state index in [1.165, 1.54) is 18.4 Å². The van der Waals surface area contributed by atoms with E-state index >= 15 is 0 Å². The molecule has 2 atom stereocenters. The summed E-state index contributed by atoms with van der Waals surface area (Å²) in [7, 11) is -0.311. The number of nitrogens with zero attached hydrogens (tertiary/aromatic N) is 1. The second-order valence-electron chi connectivity index (χ2n) is 6.21. The zero-order chi connectivity index (χ0) is 17.2. The molecule has 1 fully saturated rings. The number of rotatable bonds is 5. The molecule has 0 aliphatic carbocycles. The van der Waals surface area contributed by atoms with E-state index in [2.05, 4.69) is 5.32 Å². The minimum atomic E-state index is -3.33. The first-order valence-electron chi connectivity index (χ1n) is 7.57. The van der Waals surface area contributed by atoms with Crippen LogP contribution in [0.4, 0.5) is 0 Å². The number of aryl methyl sites for hydroxylation is 2. The van der Waals surface area contributed by atoms with Gasteiger partial charge in [-0.2, -0.15) is 0 Å². The Morgan fingerprint density at radius 2 is 1.87 bits per heavy atom. The topological polar surface area (TPSA) is 75.7 Å². The van der Waals surface area contributed by atoms with E-state index in [-0.39, 0.29) is 23.6 Å². The van der Waals surface area contributed by atoms with Gasteiger partial charge in [-0.3, -0.25) is 4.79 Å². The summed E-state index contributed by atoms with van der Waals surface area (Å²) < 4.78 is 30.7. The number of hydrogen-bond acceptors (Lipinski definition) is 4. The Morgan fingerprint density at radius 3 is 2.43 bits per heavy atom. The lowest BCUT2D eigenvalue weighted by atomic mass is 10.0. The van der Waals surface area contributed by atoms with E-state index in [0.717, 1.165) is 11.1 Å². The predicted molar refractivity (Wildman–Crippen MR) is 89.0 cm³/mol. The fraction of sp³-hybridized carbons (Fsp3) is 0.562. The van der Waals surface area contributed by atoms with Gasteiger partial charge in [0.1, 0.15) is 0 Å². The number of carbonyl (C=O) groups excluding carboxylic acids is 1. The highest BCUT2D eigenvalue weighted by atomic mass is 32.2. The molecule has 6 nitrogen and oxygen atoms in total. The maximum absolute atomic E-state index is 12.6. The first kappa shape index (κ1) is 17.9. The van der Waals surface area contributed by atoms with E-state index in [1.54, 1.807) is 0 Å². The molecule has 1 aliphatic heterocycles. The summed E-state index contributed by atoms with van der Waals surface area (Å²) in [5.41, 5.74) is 2.45. The zero-order valence-corrected chi connectivity index (χ0v) is 14.8. The van der Waals surface area contributed by atoms with Gasteiger partial charge >= 0.3 is 0 Å². The fourth-order valence-corrected chi connectivity index (χ4v) is 3.92. The lowest BCUT2D eigenvalue weighted by Gasteiger charge is -2.21. The van der Waals surface area contributed by atoms with Crippen LogP contribution in [0.2, 0.25) is 0 Å². The highest BCUT2D eigenvalue weighted by molar-refractivity contribution is 7.89.